The third-order valence-corrected chi connectivity index (χ3v) is 6.61. The molecule has 4 rings (SSSR count). The summed E-state index contributed by atoms with van der Waals surface area (Å²) >= 11 is 6.45. The largest absolute Gasteiger partial charge is 0.368 e. The van der Waals surface area contributed by atoms with Crippen LogP contribution in [0.25, 0.3) is 6.08 Å². The van der Waals surface area contributed by atoms with E-state index in [4.69, 9.17) is 12.2 Å². The van der Waals surface area contributed by atoms with Crippen molar-refractivity contribution in [2.45, 2.75) is 0 Å². The molecule has 2 aromatic rings. The number of thiocarbonyl (C=S) groups is 1. The van der Waals surface area contributed by atoms with Gasteiger partial charge in [-0.05, 0) is 35.9 Å². The number of carbonyl (C=O) groups excluding carboxylic acids is 2. The number of likely N-dealkylation sites (N-methyl/N-ethyl adjacent to an activating group) is 1. The summed E-state index contributed by atoms with van der Waals surface area (Å²) in [6.07, 6.45) is 1.82. The van der Waals surface area contributed by atoms with Gasteiger partial charge in [-0.25, -0.2) is 0 Å². The van der Waals surface area contributed by atoms with E-state index in [1.165, 1.54) is 22.3 Å². The highest BCUT2D eigenvalue weighted by molar-refractivity contribution is 8.26. The predicted octanol–water partition coefficient (Wildman–Crippen LogP) is 3.48. The highest BCUT2D eigenvalue weighted by Gasteiger charge is 2.28. The molecule has 0 bridgehead atoms. The van der Waals surface area contributed by atoms with Crippen LogP contribution in [0, 0.1) is 0 Å². The van der Waals surface area contributed by atoms with Crippen molar-refractivity contribution in [3.63, 3.8) is 0 Å². The van der Waals surface area contributed by atoms with Gasteiger partial charge in [-0.1, -0.05) is 54.3 Å². The highest BCUT2D eigenvalue weighted by atomic mass is 32.2. The summed E-state index contributed by atoms with van der Waals surface area (Å²) < 4.78 is 0.558. The molecule has 0 spiro atoms. The molecule has 2 amide bonds. The summed E-state index contributed by atoms with van der Waals surface area (Å²) in [6, 6.07) is 17.7. The molecule has 2 aromatic carbocycles. The first-order valence-corrected chi connectivity index (χ1v) is 10.7. The molecule has 0 atom stereocenters. The fraction of sp³-hybridized carbons (Fsp3) is 0.227. The van der Waals surface area contributed by atoms with Crippen molar-refractivity contribution in [3.8, 4) is 0 Å². The van der Waals surface area contributed by atoms with Gasteiger partial charge in [-0.15, -0.1) is 0 Å². The fourth-order valence-electron chi connectivity index (χ4n) is 3.41. The van der Waals surface area contributed by atoms with E-state index in [0.717, 1.165) is 18.7 Å². The van der Waals surface area contributed by atoms with E-state index in [9.17, 15) is 9.59 Å². The van der Waals surface area contributed by atoms with Crippen molar-refractivity contribution >= 4 is 51.9 Å². The van der Waals surface area contributed by atoms with E-state index in [2.05, 4.69) is 17.0 Å². The topological polar surface area (TPSA) is 43.9 Å². The molecule has 2 fully saturated rings. The van der Waals surface area contributed by atoms with Crippen molar-refractivity contribution in [1.29, 1.82) is 0 Å². The van der Waals surface area contributed by atoms with Crippen molar-refractivity contribution in [1.82, 2.24) is 9.80 Å². The van der Waals surface area contributed by atoms with Crippen LogP contribution in [0.3, 0.4) is 0 Å². The summed E-state index contributed by atoms with van der Waals surface area (Å²) in [5.74, 6) is -0.0411. The Kier molecular flexibility index (Phi) is 5.69. The average molecular weight is 424 g/mol. The van der Waals surface area contributed by atoms with Crippen molar-refractivity contribution < 1.29 is 9.59 Å². The number of anilines is 1. The lowest BCUT2D eigenvalue weighted by Gasteiger charge is -2.36. The molecule has 0 aromatic heterocycles. The first kappa shape index (κ1) is 19.7. The first-order chi connectivity index (χ1) is 14.0. The minimum absolute atomic E-state index is 0.0455. The standard InChI is InChI=1S/C22H21N3O2S2/c1-23-21(27)19(29-22(23)28)15-16-7-9-17(10-8-16)20(26)25-13-11-24(12-14-25)18-5-3-2-4-6-18/h2-10,15H,11-14H2,1H3/b19-15-. The van der Waals surface area contributed by atoms with Crippen LogP contribution in [0.15, 0.2) is 59.5 Å². The molecule has 29 heavy (non-hydrogen) atoms. The van der Waals surface area contributed by atoms with Gasteiger partial charge >= 0.3 is 0 Å². The Balaban J connectivity index is 1.39. The SMILES string of the molecule is CN1C(=O)/C(=C/c2ccc(C(=O)N3CCN(c4ccccc4)CC3)cc2)SC1=S. The Morgan fingerprint density at radius 2 is 1.66 bits per heavy atom. The molecule has 2 aliphatic rings. The zero-order chi connectivity index (χ0) is 20.4. The quantitative estimate of drug-likeness (QED) is 0.559. The molecule has 148 valence electrons. The molecule has 2 saturated heterocycles. The van der Waals surface area contributed by atoms with E-state index < -0.39 is 0 Å². The van der Waals surface area contributed by atoms with E-state index in [1.54, 1.807) is 7.05 Å². The van der Waals surface area contributed by atoms with Gasteiger partial charge in [0.15, 0.2) is 0 Å². The molecule has 0 saturated carbocycles. The second-order valence-corrected chi connectivity index (χ2v) is 8.65. The summed E-state index contributed by atoms with van der Waals surface area (Å²) in [6.45, 7) is 3.06. The van der Waals surface area contributed by atoms with Gasteiger partial charge in [0, 0.05) is 44.5 Å². The van der Waals surface area contributed by atoms with E-state index in [1.807, 2.05) is 53.4 Å². The Morgan fingerprint density at radius 3 is 2.24 bits per heavy atom. The van der Waals surface area contributed by atoms with Gasteiger partial charge in [-0.3, -0.25) is 14.5 Å². The minimum atomic E-state index is -0.0866. The number of rotatable bonds is 3. The van der Waals surface area contributed by atoms with Gasteiger partial charge in [0.25, 0.3) is 11.8 Å². The molecule has 0 N–H and O–H groups in total. The van der Waals surface area contributed by atoms with Crippen LogP contribution in [0.4, 0.5) is 5.69 Å². The van der Waals surface area contributed by atoms with Crippen LogP contribution in [0.1, 0.15) is 15.9 Å². The molecule has 0 unspecified atom stereocenters. The van der Waals surface area contributed by atoms with E-state index in [-0.39, 0.29) is 11.8 Å². The molecule has 0 aliphatic carbocycles. The Labute approximate surface area is 180 Å². The summed E-state index contributed by atoms with van der Waals surface area (Å²) in [4.78, 5) is 31.2. The molecule has 7 heteroatoms. The zero-order valence-corrected chi connectivity index (χ0v) is 17.7. The molecule has 0 radical (unpaired) electrons. The molecule has 2 aliphatic heterocycles. The average Bonchev–Trinajstić information content (AvgIpc) is 3.01. The number of thioether (sulfide) groups is 1. The number of nitrogens with zero attached hydrogens (tertiary/aromatic N) is 3. The lowest BCUT2D eigenvalue weighted by molar-refractivity contribution is -0.121. The number of carbonyl (C=O) groups is 2. The van der Waals surface area contributed by atoms with Crippen LogP contribution >= 0.6 is 24.0 Å². The van der Waals surface area contributed by atoms with Gasteiger partial charge in [0.05, 0.1) is 4.91 Å². The number of hydrogen-bond acceptors (Lipinski definition) is 5. The maximum Gasteiger partial charge on any atom is 0.265 e. The van der Waals surface area contributed by atoms with Gasteiger partial charge in [0.2, 0.25) is 0 Å². The van der Waals surface area contributed by atoms with Gasteiger partial charge in [-0.2, -0.15) is 0 Å². The smallest absolute Gasteiger partial charge is 0.265 e. The van der Waals surface area contributed by atoms with E-state index >= 15 is 0 Å². The number of para-hydroxylation sites is 1. The summed E-state index contributed by atoms with van der Waals surface area (Å²) in [5.41, 5.74) is 2.74. The fourth-order valence-corrected chi connectivity index (χ4v) is 4.59. The third kappa shape index (κ3) is 4.21. The second kappa shape index (κ2) is 8.39. The van der Waals surface area contributed by atoms with Crippen LogP contribution in [0.2, 0.25) is 0 Å². The zero-order valence-electron chi connectivity index (χ0n) is 16.1. The van der Waals surface area contributed by atoms with Crippen molar-refractivity contribution in [2.24, 2.45) is 0 Å². The normalized spacial score (nSPS) is 18.7. The molecular formula is C22H21N3O2S2. The molecule has 2 heterocycles. The van der Waals surface area contributed by atoms with Crippen molar-refractivity contribution in [2.75, 3.05) is 38.1 Å². The highest BCUT2D eigenvalue weighted by Crippen LogP contribution is 2.31. The van der Waals surface area contributed by atoms with Gasteiger partial charge in [0.1, 0.15) is 4.32 Å². The van der Waals surface area contributed by atoms with Gasteiger partial charge < -0.3 is 9.80 Å². The number of benzene rings is 2. The number of hydrogen-bond donors (Lipinski definition) is 0. The Bertz CT molecular complexity index is 965. The minimum Gasteiger partial charge on any atom is -0.368 e. The predicted molar refractivity (Wildman–Crippen MR) is 122 cm³/mol. The lowest BCUT2D eigenvalue weighted by atomic mass is 10.1. The lowest BCUT2D eigenvalue weighted by Crippen LogP contribution is -2.48. The van der Waals surface area contributed by atoms with Crippen molar-refractivity contribution in [3.05, 3.63) is 70.6 Å². The second-order valence-electron chi connectivity index (χ2n) is 6.98. The monoisotopic (exact) mass is 423 g/mol. The van der Waals surface area contributed by atoms with Crippen LogP contribution in [-0.2, 0) is 4.79 Å². The first-order valence-electron chi connectivity index (χ1n) is 9.44. The Morgan fingerprint density at radius 1 is 1.00 bits per heavy atom. The summed E-state index contributed by atoms with van der Waals surface area (Å²) in [5, 5.41) is 0. The summed E-state index contributed by atoms with van der Waals surface area (Å²) in [7, 11) is 1.68. The maximum atomic E-state index is 12.8. The number of amides is 2. The van der Waals surface area contributed by atoms with Crippen LogP contribution in [-0.4, -0.2) is 59.2 Å². The molecule has 5 nitrogen and oxygen atoms in total. The number of piperazine rings is 1. The third-order valence-electron chi connectivity index (χ3n) is 5.13. The Hall–Kier alpha value is -2.64. The van der Waals surface area contributed by atoms with Crippen LogP contribution in [0.5, 0.6) is 0 Å². The van der Waals surface area contributed by atoms with Crippen LogP contribution < -0.4 is 4.90 Å². The maximum absolute atomic E-state index is 12.8. The van der Waals surface area contributed by atoms with E-state index in [0.29, 0.717) is 27.9 Å². The molecular weight excluding hydrogens is 402 g/mol.